The molecule has 1 aromatic heterocycles. The highest BCUT2D eigenvalue weighted by atomic mass is 32.2. The number of anilines is 1. The van der Waals surface area contributed by atoms with E-state index in [0.29, 0.717) is 15.6 Å². The van der Waals surface area contributed by atoms with E-state index < -0.39 is 17.6 Å². The molecule has 0 atom stereocenters. The highest BCUT2D eigenvalue weighted by Crippen LogP contribution is 2.33. The number of halogens is 3. The van der Waals surface area contributed by atoms with Gasteiger partial charge in [-0.2, -0.15) is 13.2 Å². The van der Waals surface area contributed by atoms with Gasteiger partial charge in [0.15, 0.2) is 0 Å². The van der Waals surface area contributed by atoms with Gasteiger partial charge in [0.25, 0.3) is 0 Å². The number of rotatable bonds is 3. The molecule has 0 radical (unpaired) electrons. The van der Waals surface area contributed by atoms with Crippen LogP contribution in [0, 0.1) is 0 Å². The second-order valence-corrected chi connectivity index (χ2v) is 5.17. The molecule has 1 heterocycles. The van der Waals surface area contributed by atoms with Crippen molar-refractivity contribution in [3.8, 4) is 0 Å². The number of primary amides is 1. The molecule has 0 aliphatic rings. The Morgan fingerprint density at radius 1 is 1.19 bits per heavy atom. The maximum atomic E-state index is 12.4. The number of amides is 1. The van der Waals surface area contributed by atoms with Crippen molar-refractivity contribution < 1.29 is 18.0 Å². The molecule has 4 N–H and O–H groups in total. The number of carbonyl (C=O) groups excluding carboxylic acids is 1. The minimum Gasteiger partial charge on any atom is -0.399 e. The first kappa shape index (κ1) is 15.2. The molecule has 110 valence electrons. The van der Waals surface area contributed by atoms with E-state index in [-0.39, 0.29) is 5.56 Å². The number of nitrogens with zero attached hydrogens (tertiary/aromatic N) is 1. The largest absolute Gasteiger partial charge is 0.417 e. The third kappa shape index (κ3) is 3.66. The molecular weight excluding hydrogens is 303 g/mol. The van der Waals surface area contributed by atoms with Gasteiger partial charge in [0.05, 0.1) is 11.1 Å². The number of hydrogen-bond acceptors (Lipinski definition) is 4. The minimum atomic E-state index is -4.44. The van der Waals surface area contributed by atoms with Crippen LogP contribution in [0.5, 0.6) is 0 Å². The Balaban J connectivity index is 2.30. The summed E-state index contributed by atoms with van der Waals surface area (Å²) in [7, 11) is 0. The number of aromatic nitrogens is 1. The molecule has 2 rings (SSSR count). The van der Waals surface area contributed by atoms with E-state index in [4.69, 9.17) is 11.5 Å². The zero-order valence-electron chi connectivity index (χ0n) is 10.5. The first-order valence-corrected chi connectivity index (χ1v) is 6.49. The molecule has 4 nitrogen and oxygen atoms in total. The lowest BCUT2D eigenvalue weighted by atomic mass is 10.2. The van der Waals surface area contributed by atoms with Gasteiger partial charge in [0.1, 0.15) is 5.03 Å². The van der Waals surface area contributed by atoms with Crippen molar-refractivity contribution in [2.24, 2.45) is 5.73 Å². The average molecular weight is 313 g/mol. The van der Waals surface area contributed by atoms with Crippen LogP contribution in [0.15, 0.2) is 46.5 Å². The Hall–Kier alpha value is -2.22. The normalized spacial score (nSPS) is 11.4. The number of nitrogens with two attached hydrogens (primary N) is 2. The van der Waals surface area contributed by atoms with Crippen LogP contribution < -0.4 is 11.5 Å². The third-order valence-electron chi connectivity index (χ3n) is 2.55. The number of pyridine rings is 1. The van der Waals surface area contributed by atoms with Crippen molar-refractivity contribution in [2.75, 3.05) is 5.73 Å². The van der Waals surface area contributed by atoms with Crippen LogP contribution in [-0.4, -0.2) is 10.9 Å². The van der Waals surface area contributed by atoms with Crippen LogP contribution in [0.4, 0.5) is 18.9 Å². The van der Waals surface area contributed by atoms with Crippen LogP contribution >= 0.6 is 11.8 Å². The van der Waals surface area contributed by atoms with Gasteiger partial charge < -0.3 is 11.5 Å². The van der Waals surface area contributed by atoms with E-state index in [0.717, 1.165) is 24.0 Å². The molecule has 0 fully saturated rings. The van der Waals surface area contributed by atoms with Gasteiger partial charge in [-0.1, -0.05) is 11.8 Å². The van der Waals surface area contributed by atoms with Gasteiger partial charge in [-0.05, 0) is 30.3 Å². The molecule has 1 aromatic carbocycles. The summed E-state index contributed by atoms with van der Waals surface area (Å²) in [5.41, 5.74) is 10.7. The van der Waals surface area contributed by atoms with Crippen LogP contribution in [0.1, 0.15) is 15.9 Å². The van der Waals surface area contributed by atoms with E-state index in [2.05, 4.69) is 4.98 Å². The standard InChI is InChI=1S/C13H10F3N3OS/c14-13(15,16)7-1-4-11(19-6-7)21-10-5-8(17)2-3-9(10)12(18)20/h1-6H,17H2,(H2,18,20). The Morgan fingerprint density at radius 3 is 2.43 bits per heavy atom. The van der Waals surface area contributed by atoms with Crippen molar-refractivity contribution in [1.82, 2.24) is 4.98 Å². The summed E-state index contributed by atoms with van der Waals surface area (Å²) >= 11 is 1.02. The van der Waals surface area contributed by atoms with Gasteiger partial charge in [-0.15, -0.1) is 0 Å². The van der Waals surface area contributed by atoms with Crippen molar-refractivity contribution in [3.05, 3.63) is 47.7 Å². The van der Waals surface area contributed by atoms with Gasteiger partial charge in [0, 0.05) is 16.8 Å². The lowest BCUT2D eigenvalue weighted by Crippen LogP contribution is -2.12. The SMILES string of the molecule is NC(=O)c1ccc(N)cc1Sc1ccc(C(F)(F)F)cn1. The highest BCUT2D eigenvalue weighted by Gasteiger charge is 2.30. The monoisotopic (exact) mass is 313 g/mol. The maximum Gasteiger partial charge on any atom is 0.417 e. The Bertz CT molecular complexity index is 671. The van der Waals surface area contributed by atoms with Crippen molar-refractivity contribution >= 4 is 23.4 Å². The van der Waals surface area contributed by atoms with E-state index in [1.807, 2.05) is 0 Å². The second kappa shape index (κ2) is 5.65. The molecule has 0 bridgehead atoms. The molecule has 0 saturated heterocycles. The van der Waals surface area contributed by atoms with E-state index >= 15 is 0 Å². The summed E-state index contributed by atoms with van der Waals surface area (Å²) < 4.78 is 37.3. The average Bonchev–Trinajstić information content (AvgIpc) is 2.38. The second-order valence-electron chi connectivity index (χ2n) is 4.10. The molecule has 8 heteroatoms. The molecule has 0 unspecified atom stereocenters. The predicted molar refractivity (Wildman–Crippen MR) is 72.7 cm³/mol. The Labute approximate surface area is 122 Å². The lowest BCUT2D eigenvalue weighted by Gasteiger charge is -2.09. The van der Waals surface area contributed by atoms with Gasteiger partial charge in [-0.25, -0.2) is 4.98 Å². The first-order valence-electron chi connectivity index (χ1n) is 5.68. The summed E-state index contributed by atoms with van der Waals surface area (Å²) in [6.45, 7) is 0. The number of alkyl halides is 3. The zero-order valence-corrected chi connectivity index (χ0v) is 11.3. The summed E-state index contributed by atoms with van der Waals surface area (Å²) in [6.07, 6.45) is -3.70. The zero-order chi connectivity index (χ0) is 15.6. The van der Waals surface area contributed by atoms with Crippen molar-refractivity contribution in [1.29, 1.82) is 0 Å². The summed E-state index contributed by atoms with van der Waals surface area (Å²) in [5, 5.41) is 0.302. The van der Waals surface area contributed by atoms with Crippen LogP contribution in [-0.2, 0) is 6.18 Å². The topological polar surface area (TPSA) is 82.0 Å². The lowest BCUT2D eigenvalue weighted by molar-refractivity contribution is -0.137. The molecule has 2 aromatic rings. The maximum absolute atomic E-state index is 12.4. The predicted octanol–water partition coefficient (Wildman–Crippen LogP) is 2.93. The fraction of sp³-hybridized carbons (Fsp3) is 0.0769. The molecule has 1 amide bonds. The van der Waals surface area contributed by atoms with Gasteiger partial charge in [0.2, 0.25) is 5.91 Å². The fourth-order valence-electron chi connectivity index (χ4n) is 1.55. The number of hydrogen-bond donors (Lipinski definition) is 2. The molecule has 0 aliphatic heterocycles. The minimum absolute atomic E-state index is 0.232. The molecular formula is C13H10F3N3OS. The fourth-order valence-corrected chi connectivity index (χ4v) is 2.49. The first-order chi connectivity index (χ1) is 9.77. The smallest absolute Gasteiger partial charge is 0.399 e. The number of benzene rings is 1. The van der Waals surface area contributed by atoms with Crippen molar-refractivity contribution in [3.63, 3.8) is 0 Å². The quantitative estimate of drug-likeness (QED) is 0.854. The third-order valence-corrected chi connectivity index (χ3v) is 3.56. The summed E-state index contributed by atoms with van der Waals surface area (Å²) in [6, 6.07) is 6.64. The van der Waals surface area contributed by atoms with Gasteiger partial charge in [-0.3, -0.25) is 4.79 Å². The van der Waals surface area contributed by atoms with Crippen LogP contribution in [0.25, 0.3) is 0 Å². The highest BCUT2D eigenvalue weighted by molar-refractivity contribution is 7.99. The molecule has 21 heavy (non-hydrogen) atoms. The van der Waals surface area contributed by atoms with E-state index in [1.54, 1.807) is 0 Å². The van der Waals surface area contributed by atoms with E-state index in [1.165, 1.54) is 24.3 Å². The molecule has 0 spiro atoms. The summed E-state index contributed by atoms with van der Waals surface area (Å²) in [4.78, 5) is 15.5. The van der Waals surface area contributed by atoms with Crippen LogP contribution in [0.2, 0.25) is 0 Å². The Morgan fingerprint density at radius 2 is 1.90 bits per heavy atom. The number of carbonyl (C=O) groups is 1. The molecule has 0 saturated carbocycles. The van der Waals surface area contributed by atoms with Gasteiger partial charge >= 0.3 is 6.18 Å². The Kier molecular flexibility index (Phi) is 4.08. The van der Waals surface area contributed by atoms with Crippen LogP contribution in [0.3, 0.4) is 0 Å². The molecule has 0 aliphatic carbocycles. The summed E-state index contributed by atoms with van der Waals surface area (Å²) in [5.74, 6) is -0.649. The van der Waals surface area contributed by atoms with E-state index in [9.17, 15) is 18.0 Å². The number of nitrogen functional groups attached to an aromatic ring is 1. The van der Waals surface area contributed by atoms with Crippen molar-refractivity contribution in [2.45, 2.75) is 16.1 Å².